The molecule has 0 aliphatic heterocycles. The molecule has 0 bridgehead atoms. The Morgan fingerprint density at radius 3 is 2.76 bits per heavy atom. The zero-order valence-corrected chi connectivity index (χ0v) is 11.7. The van der Waals surface area contributed by atoms with Gasteiger partial charge < -0.3 is 4.74 Å². The maximum Gasteiger partial charge on any atom is 0.298 e. The van der Waals surface area contributed by atoms with Gasteiger partial charge in [0.1, 0.15) is 5.82 Å². The van der Waals surface area contributed by atoms with E-state index < -0.39 is 5.82 Å². The van der Waals surface area contributed by atoms with Gasteiger partial charge in [-0.3, -0.25) is 0 Å². The second-order valence-electron chi connectivity index (χ2n) is 3.75. The van der Waals surface area contributed by atoms with Crippen LogP contribution >= 0.6 is 27.5 Å². The predicted octanol–water partition coefficient (Wildman–Crippen LogP) is 4.36. The number of hydrogen-bond acceptors (Lipinski definition) is 4. The van der Waals surface area contributed by atoms with Crippen LogP contribution in [-0.2, 0) is 0 Å². The third kappa shape index (κ3) is 3.01. The van der Waals surface area contributed by atoms with Crippen LogP contribution in [0.5, 0.6) is 10.9 Å². The zero-order chi connectivity index (χ0) is 12.4. The summed E-state index contributed by atoms with van der Waals surface area (Å²) in [6, 6.07) is 4.61. The monoisotopic (exact) mass is 316 g/mol. The van der Waals surface area contributed by atoms with Gasteiger partial charge in [-0.25, -0.2) is 4.39 Å². The van der Waals surface area contributed by atoms with Crippen LogP contribution in [0.4, 0.5) is 4.39 Å². The summed E-state index contributed by atoms with van der Waals surface area (Å²) in [4.78, 5) is 4.18. The zero-order valence-electron chi connectivity index (χ0n) is 9.28. The molecule has 0 atom stereocenters. The lowest BCUT2D eigenvalue weighted by Crippen LogP contribution is -1.91. The van der Waals surface area contributed by atoms with E-state index in [1.54, 1.807) is 12.1 Å². The highest BCUT2D eigenvalue weighted by atomic mass is 79.9. The van der Waals surface area contributed by atoms with E-state index in [1.165, 1.54) is 6.07 Å². The molecule has 0 N–H and O–H groups in total. The summed E-state index contributed by atoms with van der Waals surface area (Å²) in [5, 5.41) is 0.356. The van der Waals surface area contributed by atoms with E-state index >= 15 is 0 Å². The van der Waals surface area contributed by atoms with E-state index in [1.807, 2.05) is 13.8 Å². The highest BCUT2D eigenvalue weighted by Crippen LogP contribution is 2.28. The van der Waals surface area contributed by atoms with E-state index in [9.17, 15) is 4.39 Å². The number of benzene rings is 1. The van der Waals surface area contributed by atoms with Crippen molar-refractivity contribution in [2.24, 2.45) is 0 Å². The number of aromatic nitrogens is 2. The standard InChI is InChI=1S/C11H10BrFN2OS/c1-6(2)10-14-11(17-15-10)16-9-4-3-7(12)5-8(9)13/h3-6H,1-2H3. The smallest absolute Gasteiger partial charge is 0.298 e. The first-order chi connectivity index (χ1) is 8.06. The van der Waals surface area contributed by atoms with Gasteiger partial charge in [-0.05, 0) is 18.2 Å². The molecule has 0 radical (unpaired) electrons. The topological polar surface area (TPSA) is 35.0 Å². The Bertz CT molecular complexity index is 530. The molecule has 1 heterocycles. The molecule has 0 amide bonds. The first-order valence-electron chi connectivity index (χ1n) is 5.03. The molecule has 0 fully saturated rings. The fourth-order valence-corrected chi connectivity index (χ4v) is 2.17. The van der Waals surface area contributed by atoms with Crippen LogP contribution < -0.4 is 4.74 Å². The highest BCUT2D eigenvalue weighted by Gasteiger charge is 2.11. The lowest BCUT2D eigenvalue weighted by molar-refractivity contribution is 0.437. The first-order valence-corrected chi connectivity index (χ1v) is 6.59. The summed E-state index contributed by atoms with van der Waals surface area (Å²) in [6.45, 7) is 3.98. The van der Waals surface area contributed by atoms with Crippen LogP contribution in [0.25, 0.3) is 0 Å². The number of nitrogens with zero attached hydrogens (tertiary/aromatic N) is 2. The molecular formula is C11H10BrFN2OS. The number of rotatable bonds is 3. The van der Waals surface area contributed by atoms with Crippen molar-refractivity contribution >= 4 is 27.5 Å². The van der Waals surface area contributed by atoms with Gasteiger partial charge in [0.25, 0.3) is 5.19 Å². The molecule has 0 aliphatic rings. The molecule has 2 aromatic rings. The Balaban J connectivity index is 2.19. The highest BCUT2D eigenvalue weighted by molar-refractivity contribution is 9.10. The minimum atomic E-state index is -0.430. The SMILES string of the molecule is CC(C)c1nsc(Oc2ccc(Br)cc2F)n1. The average Bonchev–Trinajstić information content (AvgIpc) is 2.71. The molecule has 0 saturated heterocycles. The summed E-state index contributed by atoms with van der Waals surface area (Å²) in [6.07, 6.45) is 0. The van der Waals surface area contributed by atoms with Gasteiger partial charge in [0.2, 0.25) is 0 Å². The minimum absolute atomic E-state index is 0.152. The molecule has 0 spiro atoms. The maximum absolute atomic E-state index is 13.5. The predicted molar refractivity (Wildman–Crippen MR) is 68.2 cm³/mol. The van der Waals surface area contributed by atoms with Gasteiger partial charge in [-0.15, -0.1) is 0 Å². The van der Waals surface area contributed by atoms with E-state index in [0.29, 0.717) is 15.5 Å². The van der Waals surface area contributed by atoms with Gasteiger partial charge in [0.05, 0.1) is 0 Å². The van der Waals surface area contributed by atoms with E-state index in [4.69, 9.17) is 4.74 Å². The Labute approximate surface area is 111 Å². The van der Waals surface area contributed by atoms with Crippen molar-refractivity contribution in [3.05, 3.63) is 34.3 Å². The van der Waals surface area contributed by atoms with Crippen molar-refractivity contribution in [1.82, 2.24) is 9.36 Å². The van der Waals surface area contributed by atoms with Crippen LogP contribution in [-0.4, -0.2) is 9.36 Å². The Hall–Kier alpha value is -1.01. The molecule has 90 valence electrons. The molecule has 1 aromatic heterocycles. The van der Waals surface area contributed by atoms with E-state index in [2.05, 4.69) is 25.3 Å². The van der Waals surface area contributed by atoms with Crippen molar-refractivity contribution in [2.75, 3.05) is 0 Å². The molecule has 3 nitrogen and oxygen atoms in total. The minimum Gasteiger partial charge on any atom is -0.427 e. The first kappa shape index (κ1) is 12.4. The van der Waals surface area contributed by atoms with Gasteiger partial charge in [-0.2, -0.15) is 9.36 Å². The molecule has 2 rings (SSSR count). The van der Waals surface area contributed by atoms with Crippen molar-refractivity contribution < 1.29 is 9.13 Å². The number of hydrogen-bond donors (Lipinski definition) is 0. The van der Waals surface area contributed by atoms with E-state index in [0.717, 1.165) is 11.5 Å². The Morgan fingerprint density at radius 1 is 1.41 bits per heavy atom. The van der Waals surface area contributed by atoms with Crippen LogP contribution in [0.1, 0.15) is 25.6 Å². The second kappa shape index (κ2) is 5.10. The quantitative estimate of drug-likeness (QED) is 0.844. The molecule has 1 aromatic carbocycles. The van der Waals surface area contributed by atoms with Crippen molar-refractivity contribution in [3.8, 4) is 10.9 Å². The maximum atomic E-state index is 13.5. The molecule has 0 saturated carbocycles. The summed E-state index contributed by atoms with van der Waals surface area (Å²) in [5.74, 6) is 0.668. The third-order valence-corrected chi connectivity index (χ3v) is 3.13. The summed E-state index contributed by atoms with van der Waals surface area (Å²) < 4.78 is 23.6. The molecular weight excluding hydrogens is 307 g/mol. The normalized spacial score (nSPS) is 10.9. The molecule has 0 unspecified atom stereocenters. The lowest BCUT2D eigenvalue weighted by Gasteiger charge is -2.02. The number of halogens is 2. The largest absolute Gasteiger partial charge is 0.427 e. The summed E-state index contributed by atoms with van der Waals surface area (Å²) in [7, 11) is 0. The Morgan fingerprint density at radius 2 is 2.18 bits per heavy atom. The molecule has 17 heavy (non-hydrogen) atoms. The van der Waals surface area contributed by atoms with Crippen LogP contribution in [0.15, 0.2) is 22.7 Å². The van der Waals surface area contributed by atoms with E-state index in [-0.39, 0.29) is 11.7 Å². The van der Waals surface area contributed by atoms with Crippen LogP contribution in [0.3, 0.4) is 0 Å². The van der Waals surface area contributed by atoms with Gasteiger partial charge in [-0.1, -0.05) is 29.8 Å². The number of ether oxygens (including phenoxy) is 1. The third-order valence-electron chi connectivity index (χ3n) is 2.03. The lowest BCUT2D eigenvalue weighted by atomic mass is 10.2. The van der Waals surface area contributed by atoms with Crippen molar-refractivity contribution in [1.29, 1.82) is 0 Å². The molecule has 6 heteroatoms. The van der Waals surface area contributed by atoms with Crippen LogP contribution in [0.2, 0.25) is 0 Å². The van der Waals surface area contributed by atoms with Crippen molar-refractivity contribution in [3.63, 3.8) is 0 Å². The Kier molecular flexibility index (Phi) is 3.73. The summed E-state index contributed by atoms with van der Waals surface area (Å²) in [5.41, 5.74) is 0. The van der Waals surface area contributed by atoms with Crippen molar-refractivity contribution in [2.45, 2.75) is 19.8 Å². The fraction of sp³-hybridized carbons (Fsp3) is 0.273. The van der Waals surface area contributed by atoms with Gasteiger partial charge in [0, 0.05) is 21.9 Å². The van der Waals surface area contributed by atoms with Crippen LogP contribution in [0, 0.1) is 5.82 Å². The molecule has 0 aliphatic carbocycles. The fourth-order valence-electron chi connectivity index (χ4n) is 1.15. The summed E-state index contributed by atoms with van der Waals surface area (Å²) >= 11 is 4.31. The van der Waals surface area contributed by atoms with Gasteiger partial charge >= 0.3 is 0 Å². The van der Waals surface area contributed by atoms with Gasteiger partial charge in [0.15, 0.2) is 11.6 Å². The second-order valence-corrected chi connectivity index (χ2v) is 5.38. The average molecular weight is 317 g/mol.